The molecule has 1 aromatic carbocycles. The lowest BCUT2D eigenvalue weighted by Gasteiger charge is -2.07. The minimum Gasteiger partial charge on any atom is -0.382 e. The molecule has 0 saturated heterocycles. The SMILES string of the molecule is FC(F)(F)c1nn(-c2ccccc2)cc1NCC1CC1. The van der Waals surface area contributed by atoms with Crippen molar-refractivity contribution in [2.45, 2.75) is 19.0 Å². The highest BCUT2D eigenvalue weighted by molar-refractivity contribution is 5.50. The number of nitrogens with one attached hydrogen (secondary N) is 1. The third kappa shape index (κ3) is 2.79. The molecule has 0 unspecified atom stereocenters. The lowest BCUT2D eigenvalue weighted by Crippen LogP contribution is -2.12. The van der Waals surface area contributed by atoms with Gasteiger partial charge in [-0.05, 0) is 30.9 Å². The molecule has 0 bridgehead atoms. The fourth-order valence-corrected chi connectivity index (χ4v) is 2.00. The second-order valence-electron chi connectivity index (χ2n) is 4.99. The third-order valence-electron chi connectivity index (χ3n) is 3.28. The number of benzene rings is 1. The van der Waals surface area contributed by atoms with E-state index < -0.39 is 11.9 Å². The normalized spacial score (nSPS) is 15.3. The van der Waals surface area contributed by atoms with Crippen LogP contribution in [0.2, 0.25) is 0 Å². The summed E-state index contributed by atoms with van der Waals surface area (Å²) in [5.74, 6) is 0.496. The van der Waals surface area contributed by atoms with Crippen LogP contribution in [0.4, 0.5) is 18.9 Å². The first-order valence-corrected chi connectivity index (χ1v) is 6.50. The molecule has 3 nitrogen and oxygen atoms in total. The van der Waals surface area contributed by atoms with Crippen molar-refractivity contribution in [3.8, 4) is 5.69 Å². The number of nitrogens with zero attached hydrogens (tertiary/aromatic N) is 2. The monoisotopic (exact) mass is 281 g/mol. The summed E-state index contributed by atoms with van der Waals surface area (Å²) >= 11 is 0. The van der Waals surface area contributed by atoms with Crippen LogP contribution in [0.3, 0.4) is 0 Å². The predicted molar refractivity (Wildman–Crippen MR) is 69.8 cm³/mol. The topological polar surface area (TPSA) is 29.9 Å². The molecule has 2 aromatic rings. The standard InChI is InChI=1S/C14H14F3N3/c15-14(16,17)13-12(18-8-10-6-7-10)9-20(19-13)11-4-2-1-3-5-11/h1-5,9-10,18H,6-8H2. The molecule has 0 amide bonds. The zero-order chi connectivity index (χ0) is 14.2. The first kappa shape index (κ1) is 13.0. The van der Waals surface area contributed by atoms with Crippen molar-refractivity contribution >= 4 is 5.69 Å². The molecule has 1 aromatic heterocycles. The zero-order valence-corrected chi connectivity index (χ0v) is 10.7. The number of para-hydroxylation sites is 1. The van der Waals surface area contributed by atoms with E-state index in [0.29, 0.717) is 18.2 Å². The average Bonchev–Trinajstić information content (AvgIpc) is 3.14. The quantitative estimate of drug-likeness (QED) is 0.925. The van der Waals surface area contributed by atoms with Crippen LogP contribution in [0.1, 0.15) is 18.5 Å². The van der Waals surface area contributed by atoms with Gasteiger partial charge in [-0.2, -0.15) is 18.3 Å². The van der Waals surface area contributed by atoms with Crippen molar-refractivity contribution in [3.05, 3.63) is 42.2 Å². The molecule has 0 aliphatic heterocycles. The van der Waals surface area contributed by atoms with Gasteiger partial charge in [-0.15, -0.1) is 0 Å². The number of rotatable bonds is 4. The average molecular weight is 281 g/mol. The second kappa shape index (κ2) is 4.85. The van der Waals surface area contributed by atoms with Gasteiger partial charge in [0.15, 0.2) is 5.69 Å². The maximum atomic E-state index is 13.0. The Balaban J connectivity index is 1.92. The highest BCUT2D eigenvalue weighted by atomic mass is 19.4. The smallest absolute Gasteiger partial charge is 0.382 e. The van der Waals surface area contributed by atoms with Crippen molar-refractivity contribution in [1.82, 2.24) is 9.78 Å². The molecule has 0 atom stereocenters. The van der Waals surface area contributed by atoms with Gasteiger partial charge in [0.05, 0.1) is 17.6 Å². The van der Waals surface area contributed by atoms with E-state index in [2.05, 4.69) is 10.4 Å². The van der Waals surface area contributed by atoms with E-state index in [1.165, 1.54) is 10.9 Å². The number of hydrogen-bond acceptors (Lipinski definition) is 2. The summed E-state index contributed by atoms with van der Waals surface area (Å²) in [7, 11) is 0. The lowest BCUT2D eigenvalue weighted by atomic mass is 10.3. The fourth-order valence-electron chi connectivity index (χ4n) is 2.00. The largest absolute Gasteiger partial charge is 0.437 e. The van der Waals surface area contributed by atoms with Crippen LogP contribution in [0, 0.1) is 5.92 Å². The van der Waals surface area contributed by atoms with Crippen molar-refractivity contribution in [3.63, 3.8) is 0 Å². The first-order chi connectivity index (χ1) is 9.54. The van der Waals surface area contributed by atoms with Crippen LogP contribution in [-0.2, 0) is 6.18 Å². The highest BCUT2D eigenvalue weighted by Gasteiger charge is 2.38. The van der Waals surface area contributed by atoms with Crippen LogP contribution in [-0.4, -0.2) is 16.3 Å². The number of alkyl halides is 3. The van der Waals surface area contributed by atoms with E-state index >= 15 is 0 Å². The Labute approximate surface area is 114 Å². The molecule has 1 aliphatic carbocycles. The highest BCUT2D eigenvalue weighted by Crippen LogP contribution is 2.35. The summed E-state index contributed by atoms with van der Waals surface area (Å²) in [6.45, 7) is 0.573. The minimum absolute atomic E-state index is 0.0493. The maximum absolute atomic E-state index is 13.0. The van der Waals surface area contributed by atoms with Gasteiger partial charge in [-0.1, -0.05) is 18.2 Å². The molecule has 1 N–H and O–H groups in total. The Hall–Kier alpha value is -1.98. The summed E-state index contributed by atoms with van der Waals surface area (Å²) < 4.78 is 40.3. The van der Waals surface area contributed by atoms with Gasteiger partial charge in [0, 0.05) is 6.54 Å². The minimum atomic E-state index is -4.45. The van der Waals surface area contributed by atoms with Crippen LogP contribution in [0.5, 0.6) is 0 Å². The van der Waals surface area contributed by atoms with Gasteiger partial charge < -0.3 is 5.32 Å². The third-order valence-corrected chi connectivity index (χ3v) is 3.28. The molecule has 1 fully saturated rings. The van der Waals surface area contributed by atoms with Gasteiger partial charge in [-0.3, -0.25) is 0 Å². The lowest BCUT2D eigenvalue weighted by molar-refractivity contribution is -0.140. The van der Waals surface area contributed by atoms with Gasteiger partial charge in [0.2, 0.25) is 0 Å². The molecule has 1 heterocycles. The molecule has 106 valence electrons. The van der Waals surface area contributed by atoms with E-state index in [1.807, 2.05) is 6.07 Å². The predicted octanol–water partition coefficient (Wildman–Crippen LogP) is 3.71. The van der Waals surface area contributed by atoms with Crippen LogP contribution >= 0.6 is 0 Å². The van der Waals surface area contributed by atoms with Gasteiger partial charge in [0.1, 0.15) is 0 Å². The number of hydrogen-bond donors (Lipinski definition) is 1. The molecule has 0 spiro atoms. The first-order valence-electron chi connectivity index (χ1n) is 6.50. The van der Waals surface area contributed by atoms with Crippen molar-refractivity contribution in [2.24, 2.45) is 5.92 Å². The Kier molecular flexibility index (Phi) is 3.16. The van der Waals surface area contributed by atoms with Crippen molar-refractivity contribution in [1.29, 1.82) is 0 Å². The summed E-state index contributed by atoms with van der Waals surface area (Å²) in [5.41, 5.74) is -0.201. The molecule has 6 heteroatoms. The summed E-state index contributed by atoms with van der Waals surface area (Å²) in [6.07, 6.45) is -0.880. The Bertz CT molecular complexity index is 585. The second-order valence-corrected chi connectivity index (χ2v) is 4.99. The summed E-state index contributed by atoms with van der Waals surface area (Å²) in [6, 6.07) is 8.78. The van der Waals surface area contributed by atoms with E-state index in [9.17, 15) is 13.2 Å². The van der Waals surface area contributed by atoms with Crippen LogP contribution in [0.15, 0.2) is 36.5 Å². The molecule has 1 aliphatic rings. The number of halogens is 3. The fraction of sp³-hybridized carbons (Fsp3) is 0.357. The molecular weight excluding hydrogens is 267 g/mol. The Morgan fingerprint density at radius 3 is 2.50 bits per heavy atom. The summed E-state index contributed by atoms with van der Waals surface area (Å²) in [5, 5.41) is 6.55. The zero-order valence-electron chi connectivity index (χ0n) is 10.7. The Morgan fingerprint density at radius 1 is 1.20 bits per heavy atom. The molecule has 0 radical (unpaired) electrons. The van der Waals surface area contributed by atoms with E-state index in [1.54, 1.807) is 24.3 Å². The number of anilines is 1. The van der Waals surface area contributed by atoms with Crippen molar-refractivity contribution in [2.75, 3.05) is 11.9 Å². The molecule has 20 heavy (non-hydrogen) atoms. The molecular formula is C14H14F3N3. The van der Waals surface area contributed by atoms with Crippen molar-refractivity contribution < 1.29 is 13.2 Å². The molecule has 1 saturated carbocycles. The van der Waals surface area contributed by atoms with Crippen LogP contribution < -0.4 is 5.32 Å². The van der Waals surface area contributed by atoms with E-state index in [0.717, 1.165) is 12.8 Å². The Morgan fingerprint density at radius 2 is 1.90 bits per heavy atom. The number of aromatic nitrogens is 2. The summed E-state index contributed by atoms with van der Waals surface area (Å²) in [4.78, 5) is 0. The van der Waals surface area contributed by atoms with Crippen LogP contribution in [0.25, 0.3) is 5.69 Å². The van der Waals surface area contributed by atoms with E-state index in [4.69, 9.17) is 0 Å². The van der Waals surface area contributed by atoms with Gasteiger partial charge in [0.25, 0.3) is 0 Å². The maximum Gasteiger partial charge on any atom is 0.437 e. The van der Waals surface area contributed by atoms with E-state index in [-0.39, 0.29) is 5.69 Å². The van der Waals surface area contributed by atoms with Gasteiger partial charge >= 0.3 is 6.18 Å². The van der Waals surface area contributed by atoms with Gasteiger partial charge in [-0.25, -0.2) is 4.68 Å². The molecule has 3 rings (SSSR count).